The lowest BCUT2D eigenvalue weighted by Crippen LogP contribution is -2.60. The van der Waals surface area contributed by atoms with E-state index in [9.17, 15) is 14.7 Å². The summed E-state index contributed by atoms with van der Waals surface area (Å²) in [5.74, 6) is -1.74. The number of anilines is 1. The number of ketones is 1. The Kier molecular flexibility index (Phi) is 6.69. The Bertz CT molecular complexity index is 1480. The number of piperazine rings is 1. The number of carbonyl (C=O) groups is 2. The van der Waals surface area contributed by atoms with Crippen molar-refractivity contribution in [3.8, 4) is 5.75 Å². The summed E-state index contributed by atoms with van der Waals surface area (Å²) in [6.45, 7) is 7.91. The Morgan fingerprint density at radius 1 is 1.12 bits per heavy atom. The molecule has 2 aliphatic carbocycles. The molecule has 1 aromatic heterocycles. The number of nitrogens with two attached hydrogens (primary N) is 1. The van der Waals surface area contributed by atoms with Gasteiger partial charge in [-0.15, -0.1) is 0 Å². The van der Waals surface area contributed by atoms with Crippen LogP contribution >= 0.6 is 11.9 Å². The van der Waals surface area contributed by atoms with Crippen molar-refractivity contribution in [1.29, 1.82) is 0 Å². The summed E-state index contributed by atoms with van der Waals surface area (Å²) in [6.07, 6.45) is 2.97. The van der Waals surface area contributed by atoms with Crippen LogP contribution in [0.5, 0.6) is 5.75 Å². The minimum Gasteiger partial charge on any atom is -0.454 e. The number of amides is 1. The van der Waals surface area contributed by atoms with Gasteiger partial charge in [-0.05, 0) is 55.6 Å². The SMILES string of the molecule is CC1CC1.Cc1cc(SN2CCN(C)CC2)[nH]c1C(=O)NC12C(=O)c3c(N)cccc3C1(O)Oc1ccccc12. The molecule has 2 aromatic carbocycles. The Balaban J connectivity index is 0.000000666. The number of nitrogens with zero attached hydrogens (tertiary/aromatic N) is 2. The van der Waals surface area contributed by atoms with E-state index in [1.807, 2.05) is 13.0 Å². The number of rotatable bonds is 4. The summed E-state index contributed by atoms with van der Waals surface area (Å²) in [7, 11) is 2.10. The fourth-order valence-corrected chi connectivity index (χ4v) is 6.55. The Hall–Kier alpha value is -3.31. The van der Waals surface area contributed by atoms with Gasteiger partial charge in [0.15, 0.2) is 0 Å². The number of benzene rings is 2. The first-order chi connectivity index (χ1) is 19.1. The molecule has 1 saturated heterocycles. The molecule has 2 fully saturated rings. The summed E-state index contributed by atoms with van der Waals surface area (Å²) in [6, 6.07) is 13.6. The maximum absolute atomic E-state index is 14.0. The Labute approximate surface area is 238 Å². The molecule has 5 N–H and O–H groups in total. The maximum atomic E-state index is 14.0. The number of hydrogen-bond acceptors (Lipinski definition) is 8. The Morgan fingerprint density at radius 2 is 1.80 bits per heavy atom. The van der Waals surface area contributed by atoms with Crippen LogP contribution in [0.3, 0.4) is 0 Å². The molecule has 1 amide bonds. The number of aromatic amines is 1. The number of H-pyrrole nitrogens is 1. The second-order valence-corrected chi connectivity index (χ2v) is 12.4. The third kappa shape index (κ3) is 4.30. The van der Waals surface area contributed by atoms with Crippen LogP contribution in [0.25, 0.3) is 0 Å². The van der Waals surface area contributed by atoms with Crippen molar-refractivity contribution in [2.75, 3.05) is 39.0 Å². The summed E-state index contributed by atoms with van der Waals surface area (Å²) in [5, 5.41) is 15.6. The van der Waals surface area contributed by atoms with E-state index in [2.05, 4.69) is 33.5 Å². The zero-order valence-corrected chi connectivity index (χ0v) is 23.8. The molecule has 1 saturated carbocycles. The first-order valence-corrected chi connectivity index (χ1v) is 14.5. The molecule has 0 spiro atoms. The molecule has 2 unspecified atom stereocenters. The van der Waals surface area contributed by atoms with E-state index in [1.165, 1.54) is 12.8 Å². The molecule has 3 heterocycles. The van der Waals surface area contributed by atoms with E-state index < -0.39 is 23.0 Å². The first kappa shape index (κ1) is 26.9. The highest BCUT2D eigenvalue weighted by atomic mass is 32.2. The number of nitrogen functional groups attached to an aromatic ring is 1. The van der Waals surface area contributed by atoms with Crippen LogP contribution < -0.4 is 15.8 Å². The number of para-hydroxylation sites is 1. The van der Waals surface area contributed by atoms with Crippen LogP contribution in [-0.2, 0) is 11.3 Å². The van der Waals surface area contributed by atoms with Crippen molar-refractivity contribution < 1.29 is 19.4 Å². The van der Waals surface area contributed by atoms with Gasteiger partial charge in [-0.2, -0.15) is 0 Å². The number of carbonyl (C=O) groups excluding carboxylic acids is 2. The molecular weight excluding hydrogens is 526 g/mol. The van der Waals surface area contributed by atoms with Crippen LogP contribution in [-0.4, -0.2) is 64.2 Å². The lowest BCUT2D eigenvalue weighted by Gasteiger charge is -2.34. The van der Waals surface area contributed by atoms with Crippen LogP contribution in [0.1, 0.15) is 57.3 Å². The highest BCUT2D eigenvalue weighted by molar-refractivity contribution is 7.97. The van der Waals surface area contributed by atoms with E-state index in [4.69, 9.17) is 10.5 Å². The first-order valence-electron chi connectivity index (χ1n) is 13.7. The lowest BCUT2D eigenvalue weighted by molar-refractivity contribution is -0.169. The highest BCUT2D eigenvalue weighted by Gasteiger charge is 2.72. The predicted octanol–water partition coefficient (Wildman–Crippen LogP) is 3.64. The van der Waals surface area contributed by atoms with E-state index in [0.717, 1.165) is 42.7 Å². The largest absolute Gasteiger partial charge is 0.454 e. The minimum atomic E-state index is -2.13. The molecule has 7 rings (SSSR count). The van der Waals surface area contributed by atoms with Gasteiger partial charge in [-0.1, -0.05) is 50.1 Å². The van der Waals surface area contributed by atoms with Crippen LogP contribution in [0.15, 0.2) is 53.6 Å². The molecule has 40 heavy (non-hydrogen) atoms. The quantitative estimate of drug-likeness (QED) is 0.281. The van der Waals surface area contributed by atoms with E-state index in [-0.39, 0.29) is 16.8 Å². The van der Waals surface area contributed by atoms with Crippen molar-refractivity contribution >= 4 is 29.3 Å². The van der Waals surface area contributed by atoms with Gasteiger partial charge in [0.2, 0.25) is 11.3 Å². The molecule has 2 atom stereocenters. The standard InChI is InChI=1S/C26H27N5O4S.C4H8/c1-15-14-20(36-31-12-10-30(2)11-13-31)28-22(15)24(33)29-25-16-6-3-4-9-19(16)35-26(25,34)17-7-5-8-18(27)21(17)23(25)32;1-4-2-3-4/h3-9,14,28,34H,10-13,27H2,1-2H3,(H,29,33);4H,2-3H2,1H3. The highest BCUT2D eigenvalue weighted by Crippen LogP contribution is 2.58. The average Bonchev–Trinajstić information content (AvgIpc) is 3.51. The summed E-state index contributed by atoms with van der Waals surface area (Å²) in [5.41, 5.74) is 6.34. The average molecular weight is 562 g/mol. The zero-order chi connectivity index (χ0) is 28.2. The third-order valence-electron chi connectivity index (χ3n) is 8.16. The number of aliphatic hydroxyl groups is 1. The van der Waals surface area contributed by atoms with Gasteiger partial charge in [0.05, 0.1) is 10.6 Å². The molecule has 9 nitrogen and oxygen atoms in total. The van der Waals surface area contributed by atoms with Crippen molar-refractivity contribution in [3.63, 3.8) is 0 Å². The van der Waals surface area contributed by atoms with Crippen LogP contribution in [0.2, 0.25) is 0 Å². The molecule has 4 aliphatic rings. The smallest absolute Gasteiger partial charge is 0.271 e. The van der Waals surface area contributed by atoms with E-state index in [0.29, 0.717) is 17.0 Å². The van der Waals surface area contributed by atoms with Crippen molar-refractivity contribution in [3.05, 3.63) is 76.5 Å². The molecule has 0 radical (unpaired) electrons. The third-order valence-corrected chi connectivity index (χ3v) is 9.20. The van der Waals surface area contributed by atoms with E-state index >= 15 is 0 Å². The molecule has 2 aliphatic heterocycles. The summed E-state index contributed by atoms with van der Waals surface area (Å²) >= 11 is 1.57. The van der Waals surface area contributed by atoms with Gasteiger partial charge in [0.1, 0.15) is 11.4 Å². The van der Waals surface area contributed by atoms with Crippen molar-refractivity contribution in [1.82, 2.24) is 19.5 Å². The van der Waals surface area contributed by atoms with Crippen LogP contribution in [0, 0.1) is 12.8 Å². The topological polar surface area (TPSA) is 124 Å². The number of hydrogen-bond donors (Lipinski definition) is 4. The predicted molar refractivity (Wildman–Crippen MR) is 154 cm³/mol. The number of fused-ring (bicyclic) bond motifs is 5. The zero-order valence-electron chi connectivity index (χ0n) is 23.0. The minimum absolute atomic E-state index is 0.157. The van der Waals surface area contributed by atoms with Gasteiger partial charge >= 0.3 is 0 Å². The summed E-state index contributed by atoms with van der Waals surface area (Å²) < 4.78 is 8.25. The molecule has 3 aromatic rings. The van der Waals surface area contributed by atoms with Crippen LogP contribution in [0.4, 0.5) is 5.69 Å². The second kappa shape index (κ2) is 9.95. The number of aryl methyl sites for hydroxylation is 1. The second-order valence-electron chi connectivity index (χ2n) is 11.2. The van der Waals surface area contributed by atoms with Crippen molar-refractivity contribution in [2.24, 2.45) is 5.92 Å². The van der Waals surface area contributed by atoms with Gasteiger partial charge in [0.25, 0.3) is 11.7 Å². The van der Waals surface area contributed by atoms with Gasteiger partial charge in [0, 0.05) is 43.0 Å². The van der Waals surface area contributed by atoms with Gasteiger partial charge in [-0.25, -0.2) is 4.31 Å². The number of likely N-dealkylation sites (N-methyl/N-ethyl adjacent to an activating group) is 1. The fourth-order valence-electron chi connectivity index (χ4n) is 5.55. The molecule has 0 bridgehead atoms. The monoisotopic (exact) mass is 561 g/mol. The van der Waals surface area contributed by atoms with Gasteiger partial charge < -0.3 is 30.8 Å². The fraction of sp³-hybridized carbons (Fsp3) is 0.400. The van der Waals surface area contributed by atoms with E-state index in [1.54, 1.807) is 54.4 Å². The molecule has 10 heteroatoms. The molecular formula is C30H35N5O4S. The number of Topliss-reactive ketones (excluding diaryl/α,β-unsaturated/α-hetero) is 1. The lowest BCUT2D eigenvalue weighted by atomic mass is 9.82. The number of aromatic nitrogens is 1. The molecule has 210 valence electrons. The van der Waals surface area contributed by atoms with Crippen molar-refractivity contribution in [2.45, 2.75) is 43.0 Å². The maximum Gasteiger partial charge on any atom is 0.271 e. The number of ether oxygens (including phenoxy) is 1. The number of nitrogens with one attached hydrogen (secondary N) is 2. The summed E-state index contributed by atoms with van der Waals surface area (Å²) in [4.78, 5) is 33.2. The van der Waals surface area contributed by atoms with Gasteiger partial charge in [-0.3, -0.25) is 9.59 Å². The normalized spacial score (nSPS) is 25.4. The Morgan fingerprint density at radius 3 is 2.50 bits per heavy atom.